The van der Waals surface area contributed by atoms with Gasteiger partial charge in [0.25, 0.3) is 0 Å². The largest absolute Gasteiger partial charge is 0.465 e. The Morgan fingerprint density at radius 2 is 2.00 bits per heavy atom. The SMILES string of the molecule is COC(C)Oc1ccc(Br)c(/C=C2/CCN(Cc3ccccc3)C2)c1. The Kier molecular flexibility index (Phi) is 6.29. The van der Waals surface area contributed by atoms with Crippen molar-refractivity contribution in [1.29, 1.82) is 0 Å². The van der Waals surface area contributed by atoms with Crippen LogP contribution in [-0.4, -0.2) is 31.4 Å². The highest BCUT2D eigenvalue weighted by atomic mass is 79.9. The number of ether oxygens (including phenoxy) is 2. The first-order chi connectivity index (χ1) is 12.1. The highest BCUT2D eigenvalue weighted by Gasteiger charge is 2.17. The Balaban J connectivity index is 1.67. The molecule has 0 radical (unpaired) electrons. The van der Waals surface area contributed by atoms with Gasteiger partial charge in [-0.15, -0.1) is 0 Å². The third kappa shape index (κ3) is 5.18. The monoisotopic (exact) mass is 401 g/mol. The number of hydrogen-bond donors (Lipinski definition) is 0. The highest BCUT2D eigenvalue weighted by molar-refractivity contribution is 9.10. The molecule has 1 unspecified atom stereocenters. The summed E-state index contributed by atoms with van der Waals surface area (Å²) in [7, 11) is 1.65. The van der Waals surface area contributed by atoms with Crippen LogP contribution in [0.25, 0.3) is 6.08 Å². The molecule has 0 aliphatic carbocycles. The lowest BCUT2D eigenvalue weighted by Crippen LogP contribution is -2.18. The van der Waals surface area contributed by atoms with Gasteiger partial charge in [0, 0.05) is 31.2 Å². The molecule has 0 bridgehead atoms. The van der Waals surface area contributed by atoms with Gasteiger partial charge >= 0.3 is 0 Å². The van der Waals surface area contributed by atoms with Crippen molar-refractivity contribution in [2.45, 2.75) is 26.2 Å². The number of methoxy groups -OCH3 is 1. The number of rotatable bonds is 6. The molecule has 0 aromatic heterocycles. The van der Waals surface area contributed by atoms with Crippen LogP contribution in [0.2, 0.25) is 0 Å². The Labute approximate surface area is 158 Å². The van der Waals surface area contributed by atoms with E-state index in [1.54, 1.807) is 7.11 Å². The molecule has 1 fully saturated rings. The van der Waals surface area contributed by atoms with Gasteiger partial charge in [0.15, 0.2) is 6.29 Å². The minimum Gasteiger partial charge on any atom is -0.465 e. The standard InChI is InChI=1S/C21H24BrNO2/c1-16(24-2)25-20-8-9-21(22)19(13-20)12-18-10-11-23(15-18)14-17-6-4-3-5-7-17/h3-9,12-13,16H,10-11,14-15H2,1-2H3/b18-12-. The maximum atomic E-state index is 5.74. The smallest absolute Gasteiger partial charge is 0.196 e. The van der Waals surface area contributed by atoms with E-state index in [9.17, 15) is 0 Å². The molecule has 1 heterocycles. The summed E-state index contributed by atoms with van der Waals surface area (Å²) in [4.78, 5) is 2.49. The summed E-state index contributed by atoms with van der Waals surface area (Å²) in [6, 6.07) is 16.7. The third-order valence-corrected chi connectivity index (χ3v) is 5.11. The molecular formula is C21H24BrNO2. The van der Waals surface area contributed by atoms with Gasteiger partial charge < -0.3 is 9.47 Å². The number of halogens is 1. The number of benzene rings is 2. The van der Waals surface area contributed by atoms with E-state index in [1.807, 2.05) is 19.1 Å². The minimum absolute atomic E-state index is 0.255. The first-order valence-electron chi connectivity index (χ1n) is 8.59. The van der Waals surface area contributed by atoms with E-state index in [1.165, 1.54) is 11.1 Å². The second kappa shape index (κ2) is 8.65. The molecule has 4 heteroatoms. The normalized spacial score (nSPS) is 17.8. The van der Waals surface area contributed by atoms with E-state index in [-0.39, 0.29) is 6.29 Å². The van der Waals surface area contributed by atoms with E-state index in [0.29, 0.717) is 0 Å². The Morgan fingerprint density at radius 1 is 1.20 bits per heavy atom. The van der Waals surface area contributed by atoms with Crippen LogP contribution in [0.5, 0.6) is 5.75 Å². The molecule has 1 aliphatic heterocycles. The fourth-order valence-electron chi connectivity index (χ4n) is 3.01. The first kappa shape index (κ1) is 18.2. The lowest BCUT2D eigenvalue weighted by atomic mass is 10.1. The van der Waals surface area contributed by atoms with E-state index in [4.69, 9.17) is 9.47 Å². The van der Waals surface area contributed by atoms with Gasteiger partial charge in [-0.3, -0.25) is 4.90 Å². The molecule has 0 saturated carbocycles. The summed E-state index contributed by atoms with van der Waals surface area (Å²) in [5.74, 6) is 0.823. The van der Waals surface area contributed by atoms with Crippen LogP contribution in [0, 0.1) is 0 Å². The van der Waals surface area contributed by atoms with Gasteiger partial charge in [0.05, 0.1) is 0 Å². The Morgan fingerprint density at radius 3 is 2.76 bits per heavy atom. The summed E-state index contributed by atoms with van der Waals surface area (Å²) in [6.07, 6.45) is 3.13. The molecule has 0 amide bonds. The van der Waals surface area contributed by atoms with E-state index in [2.05, 4.69) is 63.3 Å². The molecule has 3 nitrogen and oxygen atoms in total. The van der Waals surface area contributed by atoms with Crippen molar-refractivity contribution in [3.05, 3.63) is 69.7 Å². The van der Waals surface area contributed by atoms with Crippen molar-refractivity contribution in [1.82, 2.24) is 4.90 Å². The van der Waals surface area contributed by atoms with Crippen LogP contribution in [0.4, 0.5) is 0 Å². The van der Waals surface area contributed by atoms with Gasteiger partial charge in [0.2, 0.25) is 0 Å². The summed E-state index contributed by atoms with van der Waals surface area (Å²) in [5.41, 5.74) is 3.97. The maximum absolute atomic E-state index is 5.74. The average molecular weight is 402 g/mol. The minimum atomic E-state index is -0.255. The van der Waals surface area contributed by atoms with Crippen LogP contribution in [0.1, 0.15) is 24.5 Å². The highest BCUT2D eigenvalue weighted by Crippen LogP contribution is 2.28. The van der Waals surface area contributed by atoms with Gasteiger partial charge in [0.1, 0.15) is 5.75 Å². The van der Waals surface area contributed by atoms with Crippen molar-refractivity contribution in [2.75, 3.05) is 20.2 Å². The van der Waals surface area contributed by atoms with E-state index >= 15 is 0 Å². The predicted molar refractivity (Wildman–Crippen MR) is 106 cm³/mol. The molecule has 0 spiro atoms. The predicted octanol–water partition coefficient (Wildman–Crippen LogP) is 5.11. The van der Waals surface area contributed by atoms with Crippen LogP contribution < -0.4 is 4.74 Å². The fourth-order valence-corrected chi connectivity index (χ4v) is 3.37. The van der Waals surface area contributed by atoms with Crippen LogP contribution >= 0.6 is 15.9 Å². The molecule has 2 aromatic carbocycles. The van der Waals surface area contributed by atoms with Crippen molar-refractivity contribution < 1.29 is 9.47 Å². The lowest BCUT2D eigenvalue weighted by molar-refractivity contribution is -0.0382. The molecule has 1 aliphatic rings. The van der Waals surface area contributed by atoms with Gasteiger partial charge in [-0.1, -0.05) is 57.9 Å². The van der Waals surface area contributed by atoms with E-state index < -0.39 is 0 Å². The van der Waals surface area contributed by atoms with Crippen molar-refractivity contribution in [2.24, 2.45) is 0 Å². The van der Waals surface area contributed by atoms with E-state index in [0.717, 1.165) is 41.8 Å². The summed E-state index contributed by atoms with van der Waals surface area (Å²) >= 11 is 3.64. The zero-order valence-corrected chi connectivity index (χ0v) is 16.3. The Hall–Kier alpha value is -1.62. The Bertz CT molecular complexity index is 730. The van der Waals surface area contributed by atoms with Crippen molar-refractivity contribution in [3.8, 4) is 5.75 Å². The molecule has 1 saturated heterocycles. The zero-order valence-electron chi connectivity index (χ0n) is 14.7. The maximum Gasteiger partial charge on any atom is 0.196 e. The second-order valence-corrected chi connectivity index (χ2v) is 7.21. The average Bonchev–Trinajstić information content (AvgIpc) is 3.05. The first-order valence-corrected chi connectivity index (χ1v) is 9.38. The van der Waals surface area contributed by atoms with Crippen LogP contribution in [0.3, 0.4) is 0 Å². The molecule has 0 N–H and O–H groups in total. The second-order valence-electron chi connectivity index (χ2n) is 6.35. The van der Waals surface area contributed by atoms with Crippen molar-refractivity contribution >= 4 is 22.0 Å². The molecule has 1 atom stereocenters. The molecule has 2 aromatic rings. The van der Waals surface area contributed by atoms with Gasteiger partial charge in [-0.25, -0.2) is 0 Å². The number of likely N-dealkylation sites (tertiary alicyclic amines) is 1. The molecule has 3 rings (SSSR count). The number of hydrogen-bond acceptors (Lipinski definition) is 3. The van der Waals surface area contributed by atoms with Gasteiger partial charge in [-0.2, -0.15) is 0 Å². The zero-order chi connectivity index (χ0) is 17.6. The summed E-state index contributed by atoms with van der Waals surface area (Å²) in [5, 5.41) is 0. The van der Waals surface area contributed by atoms with Crippen LogP contribution in [-0.2, 0) is 11.3 Å². The summed E-state index contributed by atoms with van der Waals surface area (Å²) in [6.45, 7) is 5.02. The molecular weight excluding hydrogens is 378 g/mol. The van der Waals surface area contributed by atoms with Crippen molar-refractivity contribution in [3.63, 3.8) is 0 Å². The fraction of sp³-hybridized carbons (Fsp3) is 0.333. The third-order valence-electron chi connectivity index (χ3n) is 4.39. The molecule has 132 valence electrons. The quantitative estimate of drug-likeness (QED) is 0.627. The summed E-state index contributed by atoms with van der Waals surface area (Å²) < 4.78 is 12.0. The number of nitrogens with zero attached hydrogens (tertiary/aromatic N) is 1. The topological polar surface area (TPSA) is 21.7 Å². The lowest BCUT2D eigenvalue weighted by Gasteiger charge is -2.14. The van der Waals surface area contributed by atoms with Gasteiger partial charge in [-0.05, 0) is 42.7 Å². The van der Waals surface area contributed by atoms with Crippen LogP contribution in [0.15, 0.2) is 58.6 Å². The molecule has 25 heavy (non-hydrogen) atoms.